The molecular formula is C11H7FN2. The predicted octanol–water partition coefficient (Wildman–Crippen LogP) is 2.86. The molecule has 0 bridgehead atoms. The van der Waals surface area contributed by atoms with E-state index in [1.807, 2.05) is 30.3 Å². The molecule has 0 aliphatic heterocycles. The molecule has 3 heteroatoms. The van der Waals surface area contributed by atoms with Crippen LogP contribution in [0.4, 0.5) is 4.39 Å². The molecule has 0 saturated carbocycles. The molecule has 14 heavy (non-hydrogen) atoms. The molecule has 68 valence electrons. The molecule has 2 heterocycles. The Morgan fingerprint density at radius 3 is 2.86 bits per heavy atom. The summed E-state index contributed by atoms with van der Waals surface area (Å²) >= 11 is 0. The van der Waals surface area contributed by atoms with Gasteiger partial charge in [0.05, 0.1) is 0 Å². The highest BCUT2D eigenvalue weighted by molar-refractivity contribution is 6.06. The van der Waals surface area contributed by atoms with Gasteiger partial charge in [0, 0.05) is 22.5 Å². The van der Waals surface area contributed by atoms with Crippen molar-refractivity contribution in [1.29, 1.82) is 0 Å². The van der Waals surface area contributed by atoms with E-state index in [0.29, 0.717) is 5.52 Å². The molecule has 2 aromatic heterocycles. The fraction of sp³-hybridized carbons (Fsp3) is 0. The Labute approximate surface area is 79.4 Å². The second kappa shape index (κ2) is 2.54. The van der Waals surface area contributed by atoms with Crippen molar-refractivity contribution in [2.24, 2.45) is 0 Å². The van der Waals surface area contributed by atoms with Gasteiger partial charge in [-0.25, -0.2) is 4.98 Å². The first-order valence-corrected chi connectivity index (χ1v) is 4.37. The average Bonchev–Trinajstić information content (AvgIpc) is 2.59. The summed E-state index contributed by atoms with van der Waals surface area (Å²) < 4.78 is 13.3. The van der Waals surface area contributed by atoms with Crippen LogP contribution < -0.4 is 0 Å². The second-order valence-electron chi connectivity index (χ2n) is 3.19. The molecule has 3 rings (SSSR count). The molecule has 1 aromatic carbocycles. The number of hydrogen-bond acceptors (Lipinski definition) is 1. The van der Waals surface area contributed by atoms with E-state index in [2.05, 4.69) is 9.97 Å². The number of rotatable bonds is 0. The third kappa shape index (κ3) is 0.865. The van der Waals surface area contributed by atoms with Crippen LogP contribution in [0.1, 0.15) is 0 Å². The van der Waals surface area contributed by atoms with Gasteiger partial charge in [-0.1, -0.05) is 18.2 Å². The lowest BCUT2D eigenvalue weighted by Gasteiger charge is -1.89. The van der Waals surface area contributed by atoms with Gasteiger partial charge in [-0.15, -0.1) is 0 Å². The zero-order valence-corrected chi connectivity index (χ0v) is 7.29. The maximum absolute atomic E-state index is 13.3. The molecule has 0 unspecified atom stereocenters. The summed E-state index contributed by atoms with van der Waals surface area (Å²) in [5, 5.41) is 1.91. The summed E-state index contributed by atoms with van der Waals surface area (Å²) in [4.78, 5) is 6.61. The van der Waals surface area contributed by atoms with Crippen LogP contribution in [0.2, 0.25) is 0 Å². The standard InChI is InChI=1S/C11H7FN2/c12-11-10-8(5-6-13-11)7-3-1-2-4-9(7)14-10/h1-6,14H. The molecule has 0 saturated heterocycles. The molecule has 0 spiro atoms. The van der Waals surface area contributed by atoms with E-state index in [-0.39, 0.29) is 0 Å². The van der Waals surface area contributed by atoms with Gasteiger partial charge < -0.3 is 4.98 Å². The van der Waals surface area contributed by atoms with Gasteiger partial charge in [0.25, 0.3) is 0 Å². The number of aromatic nitrogens is 2. The maximum Gasteiger partial charge on any atom is 0.237 e. The SMILES string of the molecule is Fc1nccc2c1[nH]c1ccccc12. The quantitative estimate of drug-likeness (QED) is 0.537. The summed E-state index contributed by atoms with van der Waals surface area (Å²) in [6.07, 6.45) is 1.48. The number of aromatic amines is 1. The Bertz CT molecular complexity index is 613. The minimum atomic E-state index is -0.446. The second-order valence-corrected chi connectivity index (χ2v) is 3.19. The van der Waals surface area contributed by atoms with Crippen molar-refractivity contribution in [3.63, 3.8) is 0 Å². The minimum absolute atomic E-state index is 0.446. The highest BCUT2D eigenvalue weighted by Gasteiger charge is 2.06. The van der Waals surface area contributed by atoms with Crippen LogP contribution >= 0.6 is 0 Å². The van der Waals surface area contributed by atoms with E-state index in [9.17, 15) is 4.39 Å². The van der Waals surface area contributed by atoms with Crippen LogP contribution in [0.5, 0.6) is 0 Å². The van der Waals surface area contributed by atoms with E-state index >= 15 is 0 Å². The fourth-order valence-corrected chi connectivity index (χ4v) is 1.74. The van der Waals surface area contributed by atoms with Crippen LogP contribution in [-0.4, -0.2) is 9.97 Å². The van der Waals surface area contributed by atoms with Gasteiger partial charge in [-0.3, -0.25) is 0 Å². The number of pyridine rings is 1. The van der Waals surface area contributed by atoms with Crippen LogP contribution in [0, 0.1) is 5.95 Å². The number of fused-ring (bicyclic) bond motifs is 3. The van der Waals surface area contributed by atoms with Crippen LogP contribution in [0.25, 0.3) is 21.8 Å². The molecule has 0 fully saturated rings. The predicted molar refractivity (Wildman–Crippen MR) is 53.6 cm³/mol. The number of benzene rings is 1. The lowest BCUT2D eigenvalue weighted by molar-refractivity contribution is 0.594. The third-order valence-electron chi connectivity index (χ3n) is 2.38. The topological polar surface area (TPSA) is 28.7 Å². The largest absolute Gasteiger partial charge is 0.351 e. The van der Waals surface area contributed by atoms with Gasteiger partial charge in [0.15, 0.2) is 0 Å². The molecule has 0 amide bonds. The molecule has 0 radical (unpaired) electrons. The van der Waals surface area contributed by atoms with Crippen molar-refractivity contribution < 1.29 is 4.39 Å². The van der Waals surface area contributed by atoms with Crippen molar-refractivity contribution in [1.82, 2.24) is 9.97 Å². The lowest BCUT2D eigenvalue weighted by atomic mass is 10.2. The summed E-state index contributed by atoms with van der Waals surface area (Å²) in [5.74, 6) is -0.446. The first kappa shape index (κ1) is 7.50. The Kier molecular flexibility index (Phi) is 1.36. The summed E-state index contributed by atoms with van der Waals surface area (Å²) in [7, 11) is 0. The van der Waals surface area contributed by atoms with Gasteiger partial charge in [-0.05, 0) is 12.1 Å². The Hall–Kier alpha value is -1.90. The summed E-state index contributed by atoms with van der Waals surface area (Å²) in [6.45, 7) is 0. The molecule has 0 aliphatic carbocycles. The highest BCUT2D eigenvalue weighted by atomic mass is 19.1. The minimum Gasteiger partial charge on any atom is -0.351 e. The maximum atomic E-state index is 13.3. The number of H-pyrrole nitrogens is 1. The Morgan fingerprint density at radius 1 is 1.07 bits per heavy atom. The van der Waals surface area contributed by atoms with Gasteiger partial charge >= 0.3 is 0 Å². The van der Waals surface area contributed by atoms with Gasteiger partial charge in [0.1, 0.15) is 5.52 Å². The van der Waals surface area contributed by atoms with Crippen molar-refractivity contribution in [3.8, 4) is 0 Å². The van der Waals surface area contributed by atoms with Gasteiger partial charge in [-0.2, -0.15) is 4.39 Å². The number of nitrogens with zero attached hydrogens (tertiary/aromatic N) is 1. The molecule has 0 atom stereocenters. The van der Waals surface area contributed by atoms with E-state index in [4.69, 9.17) is 0 Å². The number of para-hydroxylation sites is 1. The van der Waals surface area contributed by atoms with Crippen molar-refractivity contribution in [2.45, 2.75) is 0 Å². The van der Waals surface area contributed by atoms with Crippen molar-refractivity contribution in [3.05, 3.63) is 42.5 Å². The first-order valence-electron chi connectivity index (χ1n) is 4.37. The average molecular weight is 186 g/mol. The smallest absolute Gasteiger partial charge is 0.237 e. The zero-order chi connectivity index (χ0) is 9.54. The summed E-state index contributed by atoms with van der Waals surface area (Å²) in [5.41, 5.74) is 1.42. The first-order chi connectivity index (χ1) is 6.86. The fourth-order valence-electron chi connectivity index (χ4n) is 1.74. The van der Waals surface area contributed by atoms with Crippen LogP contribution in [-0.2, 0) is 0 Å². The van der Waals surface area contributed by atoms with Gasteiger partial charge in [0.2, 0.25) is 5.95 Å². The molecule has 2 nitrogen and oxygen atoms in total. The lowest BCUT2D eigenvalue weighted by Crippen LogP contribution is -1.81. The molecular weight excluding hydrogens is 179 g/mol. The Balaban J connectivity index is 2.63. The van der Waals surface area contributed by atoms with E-state index < -0.39 is 5.95 Å². The summed E-state index contributed by atoms with van der Waals surface area (Å²) in [6, 6.07) is 9.57. The monoisotopic (exact) mass is 186 g/mol. The van der Waals surface area contributed by atoms with Crippen molar-refractivity contribution in [2.75, 3.05) is 0 Å². The van der Waals surface area contributed by atoms with Crippen molar-refractivity contribution >= 4 is 21.8 Å². The third-order valence-corrected chi connectivity index (χ3v) is 2.38. The van der Waals surface area contributed by atoms with Crippen LogP contribution in [0.15, 0.2) is 36.5 Å². The molecule has 3 aromatic rings. The molecule has 1 N–H and O–H groups in total. The number of hydrogen-bond donors (Lipinski definition) is 1. The zero-order valence-electron chi connectivity index (χ0n) is 7.29. The number of halogens is 1. The van der Waals surface area contributed by atoms with E-state index in [0.717, 1.165) is 16.3 Å². The van der Waals surface area contributed by atoms with Crippen LogP contribution in [0.3, 0.4) is 0 Å². The molecule has 0 aliphatic rings. The van der Waals surface area contributed by atoms with E-state index in [1.54, 1.807) is 0 Å². The number of nitrogens with one attached hydrogen (secondary N) is 1. The van der Waals surface area contributed by atoms with E-state index in [1.165, 1.54) is 6.20 Å². The highest BCUT2D eigenvalue weighted by Crippen LogP contribution is 2.25. The Morgan fingerprint density at radius 2 is 1.93 bits per heavy atom. The normalized spacial score (nSPS) is 11.2.